The van der Waals surface area contributed by atoms with Crippen molar-refractivity contribution in [2.45, 2.75) is 13.8 Å². The van der Waals surface area contributed by atoms with Gasteiger partial charge in [0, 0.05) is 12.6 Å². The van der Waals surface area contributed by atoms with Crippen molar-refractivity contribution >= 4 is 5.78 Å². The zero-order valence-electron chi connectivity index (χ0n) is 9.99. The molecule has 0 aliphatic rings. The molecule has 4 heteroatoms. The van der Waals surface area contributed by atoms with Crippen LogP contribution in [0.2, 0.25) is 0 Å². The molecule has 0 atom stereocenters. The third-order valence-electron chi connectivity index (χ3n) is 2.67. The van der Waals surface area contributed by atoms with Crippen molar-refractivity contribution in [3.63, 3.8) is 0 Å². The van der Waals surface area contributed by atoms with Crippen LogP contribution in [0.4, 0.5) is 4.39 Å². The molecule has 0 spiro atoms. The number of aryl methyl sites for hydroxylation is 3. The third-order valence-corrected chi connectivity index (χ3v) is 2.67. The Kier molecular flexibility index (Phi) is 2.79. The maximum Gasteiger partial charge on any atom is 0.211 e. The highest BCUT2D eigenvalue weighted by Crippen LogP contribution is 2.15. The molecule has 1 aromatic heterocycles. The molecule has 2 rings (SSSR count). The molecule has 88 valence electrons. The van der Waals surface area contributed by atoms with E-state index in [9.17, 15) is 9.18 Å². The molecule has 0 aliphatic heterocycles. The van der Waals surface area contributed by atoms with Crippen LogP contribution in [-0.2, 0) is 7.05 Å². The van der Waals surface area contributed by atoms with E-state index in [1.807, 2.05) is 6.92 Å². The maximum absolute atomic E-state index is 13.0. The first-order chi connectivity index (χ1) is 7.99. The Balaban J connectivity index is 2.47. The van der Waals surface area contributed by atoms with E-state index < -0.39 is 0 Å². The van der Waals surface area contributed by atoms with Gasteiger partial charge in [0.15, 0.2) is 0 Å². The Morgan fingerprint density at radius 3 is 2.53 bits per heavy atom. The van der Waals surface area contributed by atoms with Gasteiger partial charge in [-0.3, -0.25) is 9.48 Å². The predicted octanol–water partition coefficient (Wildman–Crippen LogP) is 2.41. The van der Waals surface area contributed by atoms with Crippen LogP contribution in [0.5, 0.6) is 0 Å². The molecule has 0 saturated heterocycles. The molecule has 0 amide bonds. The van der Waals surface area contributed by atoms with Crippen molar-refractivity contribution < 1.29 is 9.18 Å². The zero-order chi connectivity index (χ0) is 12.6. The lowest BCUT2D eigenvalue weighted by Crippen LogP contribution is -2.09. The number of hydrogen-bond acceptors (Lipinski definition) is 2. The van der Waals surface area contributed by atoms with Crippen molar-refractivity contribution in [2.75, 3.05) is 0 Å². The highest BCUT2D eigenvalue weighted by atomic mass is 19.1. The topological polar surface area (TPSA) is 34.9 Å². The van der Waals surface area contributed by atoms with Crippen LogP contribution in [0, 0.1) is 19.7 Å². The first-order valence-electron chi connectivity index (χ1n) is 5.30. The second-order valence-electron chi connectivity index (χ2n) is 4.08. The minimum absolute atomic E-state index is 0.134. The number of hydrogen-bond donors (Lipinski definition) is 0. The van der Waals surface area contributed by atoms with E-state index in [4.69, 9.17) is 0 Å². The van der Waals surface area contributed by atoms with Crippen molar-refractivity contribution in [1.29, 1.82) is 0 Å². The molecular weight excluding hydrogens is 219 g/mol. The summed E-state index contributed by atoms with van der Waals surface area (Å²) >= 11 is 0. The molecule has 17 heavy (non-hydrogen) atoms. The number of nitrogens with zero attached hydrogens (tertiary/aromatic N) is 2. The van der Waals surface area contributed by atoms with Gasteiger partial charge in [0.05, 0.1) is 5.69 Å². The normalized spacial score (nSPS) is 10.6. The summed E-state index contributed by atoms with van der Waals surface area (Å²) in [5, 5.41) is 4.13. The van der Waals surface area contributed by atoms with Crippen molar-refractivity contribution in [2.24, 2.45) is 7.05 Å². The zero-order valence-corrected chi connectivity index (χ0v) is 9.99. The van der Waals surface area contributed by atoms with Crippen LogP contribution in [0.1, 0.15) is 27.3 Å². The van der Waals surface area contributed by atoms with E-state index >= 15 is 0 Å². The van der Waals surface area contributed by atoms with E-state index in [0.29, 0.717) is 16.8 Å². The van der Waals surface area contributed by atoms with Gasteiger partial charge in [-0.05, 0) is 43.7 Å². The Morgan fingerprint density at radius 1 is 1.29 bits per heavy atom. The summed E-state index contributed by atoms with van der Waals surface area (Å²) in [6.07, 6.45) is 0. The Bertz CT molecular complexity index is 587. The van der Waals surface area contributed by atoms with Crippen LogP contribution in [-0.4, -0.2) is 15.6 Å². The van der Waals surface area contributed by atoms with Gasteiger partial charge in [-0.25, -0.2) is 4.39 Å². The van der Waals surface area contributed by atoms with Gasteiger partial charge in [-0.2, -0.15) is 5.10 Å². The first kappa shape index (κ1) is 11.5. The largest absolute Gasteiger partial charge is 0.287 e. The number of ketones is 1. The summed E-state index contributed by atoms with van der Waals surface area (Å²) in [6.45, 7) is 3.55. The molecule has 0 saturated carbocycles. The molecular formula is C13H13FN2O. The van der Waals surface area contributed by atoms with Gasteiger partial charge in [0.2, 0.25) is 5.78 Å². The molecule has 0 unspecified atom stereocenters. The van der Waals surface area contributed by atoms with Gasteiger partial charge < -0.3 is 0 Å². The number of halogens is 1. The number of carbonyl (C=O) groups is 1. The monoisotopic (exact) mass is 232 g/mol. The molecule has 0 fully saturated rings. The van der Waals surface area contributed by atoms with Gasteiger partial charge in [0.1, 0.15) is 11.5 Å². The average Bonchev–Trinajstić information content (AvgIpc) is 2.57. The number of benzene rings is 1. The van der Waals surface area contributed by atoms with Crippen LogP contribution in [0.15, 0.2) is 24.3 Å². The predicted molar refractivity (Wildman–Crippen MR) is 62.5 cm³/mol. The lowest BCUT2D eigenvalue weighted by molar-refractivity contribution is 0.102. The summed E-state index contributed by atoms with van der Waals surface area (Å²) in [7, 11) is 1.72. The SMILES string of the molecule is Cc1cc(C(=O)c2ccc(F)cc2C)n(C)n1. The molecule has 3 nitrogen and oxygen atoms in total. The summed E-state index contributed by atoms with van der Waals surface area (Å²) < 4.78 is 14.5. The fraction of sp³-hybridized carbons (Fsp3) is 0.231. The number of rotatable bonds is 2. The minimum atomic E-state index is -0.333. The summed E-state index contributed by atoms with van der Waals surface area (Å²) in [5.74, 6) is -0.467. The lowest BCUT2D eigenvalue weighted by Gasteiger charge is -2.05. The molecule has 1 heterocycles. The molecule has 0 aliphatic carbocycles. The van der Waals surface area contributed by atoms with E-state index in [2.05, 4.69) is 5.10 Å². The molecule has 0 radical (unpaired) electrons. The standard InChI is InChI=1S/C13H13FN2O/c1-8-6-10(14)4-5-11(8)13(17)12-7-9(2)15-16(12)3/h4-7H,1-3H3. The molecule has 1 aromatic carbocycles. The molecule has 0 bridgehead atoms. The second-order valence-corrected chi connectivity index (χ2v) is 4.08. The van der Waals surface area contributed by atoms with E-state index in [-0.39, 0.29) is 11.6 Å². The number of carbonyl (C=O) groups excluding carboxylic acids is 1. The van der Waals surface area contributed by atoms with Gasteiger partial charge in [0.25, 0.3) is 0 Å². The molecule has 0 N–H and O–H groups in total. The Hall–Kier alpha value is -1.97. The van der Waals surface area contributed by atoms with Crippen LogP contribution in [0.25, 0.3) is 0 Å². The summed E-state index contributed by atoms with van der Waals surface area (Å²) in [6, 6.07) is 5.89. The van der Waals surface area contributed by atoms with Gasteiger partial charge >= 0.3 is 0 Å². The Morgan fingerprint density at radius 2 is 2.00 bits per heavy atom. The van der Waals surface area contributed by atoms with Crippen LogP contribution < -0.4 is 0 Å². The average molecular weight is 232 g/mol. The van der Waals surface area contributed by atoms with Crippen LogP contribution in [0.3, 0.4) is 0 Å². The van der Waals surface area contributed by atoms with Crippen molar-refractivity contribution in [3.8, 4) is 0 Å². The minimum Gasteiger partial charge on any atom is -0.287 e. The van der Waals surface area contributed by atoms with E-state index in [1.54, 1.807) is 24.7 Å². The Labute approximate surface area is 98.9 Å². The second kappa shape index (κ2) is 4.13. The maximum atomic E-state index is 13.0. The van der Waals surface area contributed by atoms with E-state index in [1.165, 1.54) is 18.2 Å². The van der Waals surface area contributed by atoms with Gasteiger partial charge in [-0.15, -0.1) is 0 Å². The smallest absolute Gasteiger partial charge is 0.211 e. The summed E-state index contributed by atoms with van der Waals surface area (Å²) in [5.41, 5.74) is 2.44. The van der Waals surface area contributed by atoms with Crippen molar-refractivity contribution in [1.82, 2.24) is 9.78 Å². The molecule has 2 aromatic rings. The fourth-order valence-electron chi connectivity index (χ4n) is 1.84. The third kappa shape index (κ3) is 2.11. The lowest BCUT2D eigenvalue weighted by atomic mass is 10.0. The van der Waals surface area contributed by atoms with Gasteiger partial charge in [-0.1, -0.05) is 0 Å². The number of aromatic nitrogens is 2. The first-order valence-corrected chi connectivity index (χ1v) is 5.30. The van der Waals surface area contributed by atoms with Crippen molar-refractivity contribution in [3.05, 3.63) is 52.6 Å². The van der Waals surface area contributed by atoms with Crippen LogP contribution >= 0.6 is 0 Å². The quantitative estimate of drug-likeness (QED) is 0.745. The highest BCUT2D eigenvalue weighted by Gasteiger charge is 2.16. The fourth-order valence-corrected chi connectivity index (χ4v) is 1.84. The van der Waals surface area contributed by atoms with E-state index in [0.717, 1.165) is 5.69 Å². The summed E-state index contributed by atoms with van der Waals surface area (Å²) in [4.78, 5) is 12.2. The highest BCUT2D eigenvalue weighted by molar-refractivity contribution is 6.08.